The van der Waals surface area contributed by atoms with E-state index < -0.39 is 0 Å². The molecule has 0 radical (unpaired) electrons. The first-order chi connectivity index (χ1) is 7.90. The predicted molar refractivity (Wildman–Crippen MR) is 68.3 cm³/mol. The lowest BCUT2D eigenvalue weighted by atomic mass is 10.0. The first-order valence-electron chi connectivity index (χ1n) is 5.89. The van der Waals surface area contributed by atoms with Gasteiger partial charge in [-0.3, -0.25) is 4.98 Å². The monoisotopic (exact) mass is 211 g/mol. The summed E-state index contributed by atoms with van der Waals surface area (Å²) in [6.45, 7) is 2.23. The third-order valence-corrected chi connectivity index (χ3v) is 2.77. The second-order valence-corrected chi connectivity index (χ2v) is 4.04. The van der Waals surface area contributed by atoms with Gasteiger partial charge in [-0.1, -0.05) is 43.7 Å². The van der Waals surface area contributed by atoms with Gasteiger partial charge in [-0.2, -0.15) is 0 Å². The molecule has 1 aromatic carbocycles. The van der Waals surface area contributed by atoms with E-state index in [2.05, 4.69) is 42.2 Å². The maximum Gasteiger partial charge on any atom is 0.0346 e. The van der Waals surface area contributed by atoms with Crippen LogP contribution in [-0.2, 0) is 6.42 Å². The highest BCUT2D eigenvalue weighted by Crippen LogP contribution is 2.18. The maximum absolute atomic E-state index is 4.13. The van der Waals surface area contributed by atoms with Crippen LogP contribution in [0.25, 0.3) is 11.1 Å². The van der Waals surface area contributed by atoms with Crippen LogP contribution in [0.1, 0.15) is 25.3 Å². The van der Waals surface area contributed by atoms with Gasteiger partial charge >= 0.3 is 0 Å². The summed E-state index contributed by atoms with van der Waals surface area (Å²) in [6.07, 6.45) is 7.42. The van der Waals surface area contributed by atoms with Crippen molar-refractivity contribution in [2.75, 3.05) is 0 Å². The van der Waals surface area contributed by atoms with Crippen LogP contribution in [0.3, 0.4) is 0 Å². The van der Waals surface area contributed by atoms with Crippen molar-refractivity contribution in [2.24, 2.45) is 0 Å². The third-order valence-electron chi connectivity index (χ3n) is 2.77. The van der Waals surface area contributed by atoms with Crippen LogP contribution >= 0.6 is 0 Å². The molecule has 0 aliphatic heterocycles. The van der Waals surface area contributed by atoms with Gasteiger partial charge in [0.2, 0.25) is 0 Å². The number of unbranched alkanes of at least 4 members (excludes halogenated alkanes) is 1. The number of nitrogens with zero attached hydrogens (tertiary/aromatic N) is 1. The fourth-order valence-corrected chi connectivity index (χ4v) is 1.78. The van der Waals surface area contributed by atoms with Gasteiger partial charge in [-0.25, -0.2) is 0 Å². The van der Waals surface area contributed by atoms with Crippen LogP contribution in [0.15, 0.2) is 48.8 Å². The van der Waals surface area contributed by atoms with Crippen LogP contribution in [0.2, 0.25) is 0 Å². The van der Waals surface area contributed by atoms with E-state index in [1.807, 2.05) is 12.3 Å². The van der Waals surface area contributed by atoms with Crippen molar-refractivity contribution in [1.29, 1.82) is 0 Å². The van der Waals surface area contributed by atoms with Crippen molar-refractivity contribution < 1.29 is 0 Å². The Morgan fingerprint density at radius 2 is 1.81 bits per heavy atom. The summed E-state index contributed by atoms with van der Waals surface area (Å²) in [5, 5.41) is 0. The van der Waals surface area contributed by atoms with Gasteiger partial charge in [0.05, 0.1) is 0 Å². The second kappa shape index (κ2) is 5.45. The van der Waals surface area contributed by atoms with Gasteiger partial charge in [0, 0.05) is 12.4 Å². The molecule has 0 unspecified atom stereocenters. The molecule has 0 aliphatic carbocycles. The van der Waals surface area contributed by atoms with Crippen LogP contribution in [-0.4, -0.2) is 4.98 Å². The Morgan fingerprint density at radius 1 is 1.00 bits per heavy atom. The lowest BCUT2D eigenvalue weighted by Crippen LogP contribution is -1.85. The zero-order chi connectivity index (χ0) is 11.2. The Kier molecular flexibility index (Phi) is 3.71. The number of rotatable bonds is 4. The molecule has 0 fully saturated rings. The quantitative estimate of drug-likeness (QED) is 0.742. The third kappa shape index (κ3) is 2.69. The molecule has 1 nitrogen and oxygen atoms in total. The molecule has 0 N–H and O–H groups in total. The van der Waals surface area contributed by atoms with E-state index in [0.717, 1.165) is 0 Å². The average molecular weight is 211 g/mol. The van der Waals surface area contributed by atoms with Crippen molar-refractivity contribution >= 4 is 0 Å². The van der Waals surface area contributed by atoms with Crippen molar-refractivity contribution in [3.05, 3.63) is 54.4 Å². The number of aryl methyl sites for hydroxylation is 1. The molecule has 0 amide bonds. The first kappa shape index (κ1) is 10.9. The molecule has 2 aromatic rings. The summed E-state index contributed by atoms with van der Waals surface area (Å²) in [6, 6.07) is 12.9. The summed E-state index contributed by atoms with van der Waals surface area (Å²) >= 11 is 0. The van der Waals surface area contributed by atoms with Crippen LogP contribution < -0.4 is 0 Å². The lowest BCUT2D eigenvalue weighted by molar-refractivity contribution is 0.795. The highest BCUT2D eigenvalue weighted by molar-refractivity contribution is 5.62. The highest BCUT2D eigenvalue weighted by atomic mass is 14.6. The smallest absolute Gasteiger partial charge is 0.0346 e. The van der Waals surface area contributed by atoms with Gasteiger partial charge in [-0.15, -0.1) is 0 Å². The minimum absolute atomic E-state index is 1.18. The molecule has 0 spiro atoms. The van der Waals surface area contributed by atoms with Crippen molar-refractivity contribution in [3.8, 4) is 11.1 Å². The fraction of sp³-hybridized carbons (Fsp3) is 0.267. The molecular weight excluding hydrogens is 194 g/mol. The standard InChI is InChI=1S/C15H17N/c1-2-3-5-13-7-9-14(10-8-13)15-6-4-11-16-12-15/h4,6-12H,2-3,5H2,1H3. The van der Waals surface area contributed by atoms with Gasteiger partial charge < -0.3 is 0 Å². The minimum Gasteiger partial charge on any atom is -0.264 e. The summed E-state index contributed by atoms with van der Waals surface area (Å²) in [4.78, 5) is 4.13. The van der Waals surface area contributed by atoms with Gasteiger partial charge in [0.15, 0.2) is 0 Å². The number of hydrogen-bond acceptors (Lipinski definition) is 1. The van der Waals surface area contributed by atoms with Gasteiger partial charge in [-0.05, 0) is 35.6 Å². The van der Waals surface area contributed by atoms with Crippen molar-refractivity contribution in [1.82, 2.24) is 4.98 Å². The van der Waals surface area contributed by atoms with E-state index in [1.165, 1.54) is 36.0 Å². The molecule has 16 heavy (non-hydrogen) atoms. The molecule has 82 valence electrons. The topological polar surface area (TPSA) is 12.9 Å². The van der Waals surface area contributed by atoms with Gasteiger partial charge in [0.1, 0.15) is 0 Å². The van der Waals surface area contributed by atoms with Crippen LogP contribution in [0, 0.1) is 0 Å². The molecule has 0 saturated carbocycles. The molecule has 2 rings (SSSR count). The largest absolute Gasteiger partial charge is 0.264 e. The zero-order valence-corrected chi connectivity index (χ0v) is 9.69. The summed E-state index contributed by atoms with van der Waals surface area (Å²) in [5.74, 6) is 0. The number of hydrogen-bond donors (Lipinski definition) is 0. The molecule has 1 aromatic heterocycles. The van der Waals surface area contributed by atoms with E-state index in [1.54, 1.807) is 6.20 Å². The summed E-state index contributed by atoms with van der Waals surface area (Å²) in [7, 11) is 0. The minimum atomic E-state index is 1.18. The maximum atomic E-state index is 4.13. The first-order valence-corrected chi connectivity index (χ1v) is 5.89. The average Bonchev–Trinajstić information content (AvgIpc) is 2.38. The zero-order valence-electron chi connectivity index (χ0n) is 9.69. The molecule has 0 bridgehead atoms. The molecule has 0 atom stereocenters. The Labute approximate surface area is 97.2 Å². The number of benzene rings is 1. The molecule has 1 heterocycles. The lowest BCUT2D eigenvalue weighted by Gasteiger charge is -2.03. The summed E-state index contributed by atoms with van der Waals surface area (Å²) < 4.78 is 0. The fourth-order valence-electron chi connectivity index (χ4n) is 1.78. The Morgan fingerprint density at radius 3 is 2.44 bits per heavy atom. The second-order valence-electron chi connectivity index (χ2n) is 4.04. The SMILES string of the molecule is CCCCc1ccc(-c2cccnc2)cc1. The Balaban J connectivity index is 2.13. The van der Waals surface area contributed by atoms with Crippen molar-refractivity contribution in [2.45, 2.75) is 26.2 Å². The van der Waals surface area contributed by atoms with Gasteiger partial charge in [0.25, 0.3) is 0 Å². The Hall–Kier alpha value is -1.63. The highest BCUT2D eigenvalue weighted by Gasteiger charge is 1.97. The molecule has 1 heteroatoms. The molecule has 0 saturated heterocycles. The van der Waals surface area contributed by atoms with E-state index in [-0.39, 0.29) is 0 Å². The van der Waals surface area contributed by atoms with Crippen LogP contribution in [0.4, 0.5) is 0 Å². The van der Waals surface area contributed by atoms with Crippen molar-refractivity contribution in [3.63, 3.8) is 0 Å². The van der Waals surface area contributed by atoms with E-state index in [0.29, 0.717) is 0 Å². The summed E-state index contributed by atoms with van der Waals surface area (Å²) in [5.41, 5.74) is 3.85. The van der Waals surface area contributed by atoms with Crippen LogP contribution in [0.5, 0.6) is 0 Å². The van der Waals surface area contributed by atoms with E-state index >= 15 is 0 Å². The normalized spacial score (nSPS) is 10.3. The number of pyridine rings is 1. The number of aromatic nitrogens is 1. The predicted octanol–water partition coefficient (Wildman–Crippen LogP) is 4.09. The Bertz CT molecular complexity index is 417. The van der Waals surface area contributed by atoms with E-state index in [4.69, 9.17) is 0 Å². The van der Waals surface area contributed by atoms with E-state index in [9.17, 15) is 0 Å². The molecule has 0 aliphatic rings. The molecular formula is C15H17N.